The van der Waals surface area contributed by atoms with E-state index in [2.05, 4.69) is 4.99 Å². The van der Waals surface area contributed by atoms with Crippen LogP contribution in [-0.4, -0.2) is 42.1 Å². The van der Waals surface area contributed by atoms with E-state index < -0.39 is 14.9 Å². The minimum Gasteiger partial charge on any atom is -0.506 e. The van der Waals surface area contributed by atoms with Gasteiger partial charge in [0.1, 0.15) is 16.5 Å². The molecule has 1 heterocycles. The van der Waals surface area contributed by atoms with Gasteiger partial charge in [0.25, 0.3) is 5.69 Å². The number of phenolic OH excluding ortho intramolecular Hbond substituents is 1. The van der Waals surface area contributed by atoms with Crippen molar-refractivity contribution in [3.8, 4) is 5.75 Å². The van der Waals surface area contributed by atoms with Gasteiger partial charge in [-0.1, -0.05) is 24.1 Å². The maximum absolute atomic E-state index is 12.8. The summed E-state index contributed by atoms with van der Waals surface area (Å²) in [7, 11) is -3.67. The first-order valence-corrected chi connectivity index (χ1v) is 10.4. The fourth-order valence-electron chi connectivity index (χ4n) is 2.92. The highest BCUT2D eigenvalue weighted by atomic mass is 35.5. The molecule has 1 N–H and O–H groups in total. The number of nitro benzene ring substituents is 1. The number of phenols is 1. The summed E-state index contributed by atoms with van der Waals surface area (Å²) < 4.78 is 27.0. The predicted molar refractivity (Wildman–Crippen MR) is 106 cm³/mol. The normalized spacial score (nSPS) is 15.8. The van der Waals surface area contributed by atoms with Crippen molar-refractivity contribution in [1.29, 1.82) is 0 Å². The van der Waals surface area contributed by atoms with Gasteiger partial charge in [0.2, 0.25) is 10.0 Å². The van der Waals surface area contributed by atoms with Crippen molar-refractivity contribution in [2.24, 2.45) is 4.99 Å². The van der Waals surface area contributed by atoms with Crippen molar-refractivity contribution in [3.63, 3.8) is 0 Å². The number of nitro groups is 1. The fraction of sp³-hybridized carbons (Fsp3) is 0.278. The number of aliphatic imine (C=N–C) groups is 1. The lowest BCUT2D eigenvalue weighted by Gasteiger charge is -2.25. The third-order valence-corrected chi connectivity index (χ3v) is 6.63. The standard InChI is InChI=1S/C18H18ClN3O5S/c19-15-6-4-13(10-17(15)22(24)25)12-20-16-11-14(5-7-18(16)23)28(26,27)21-8-2-1-3-9-21/h4-7,10-12,23H,1-3,8-9H2. The molecular weight excluding hydrogens is 406 g/mol. The Labute approximate surface area is 167 Å². The van der Waals surface area contributed by atoms with Gasteiger partial charge in [-0.15, -0.1) is 0 Å². The summed E-state index contributed by atoms with van der Waals surface area (Å²) in [5.41, 5.74) is 0.173. The van der Waals surface area contributed by atoms with Gasteiger partial charge >= 0.3 is 0 Å². The minimum absolute atomic E-state index is 0.000352. The topological polar surface area (TPSA) is 113 Å². The molecule has 0 unspecified atom stereocenters. The predicted octanol–water partition coefficient (Wildman–Crippen LogP) is 3.88. The number of hydrogen-bond acceptors (Lipinski definition) is 6. The summed E-state index contributed by atoms with van der Waals surface area (Å²) in [6.07, 6.45) is 3.94. The molecule has 1 saturated heterocycles. The Morgan fingerprint density at radius 1 is 1.14 bits per heavy atom. The molecule has 8 nitrogen and oxygen atoms in total. The van der Waals surface area contributed by atoms with Gasteiger partial charge in [0.15, 0.2) is 0 Å². The summed E-state index contributed by atoms with van der Waals surface area (Å²) in [6, 6.07) is 8.05. The van der Waals surface area contributed by atoms with Gasteiger partial charge in [-0.2, -0.15) is 4.31 Å². The molecule has 1 aliphatic rings. The number of benzene rings is 2. The van der Waals surface area contributed by atoms with E-state index in [1.807, 2.05) is 0 Å². The Bertz CT molecular complexity index is 1030. The lowest BCUT2D eigenvalue weighted by molar-refractivity contribution is -0.384. The highest BCUT2D eigenvalue weighted by Crippen LogP contribution is 2.31. The molecule has 2 aromatic carbocycles. The van der Waals surface area contributed by atoms with E-state index in [-0.39, 0.29) is 27.0 Å². The first-order chi connectivity index (χ1) is 13.3. The zero-order valence-electron chi connectivity index (χ0n) is 14.8. The van der Waals surface area contributed by atoms with E-state index in [4.69, 9.17) is 11.6 Å². The monoisotopic (exact) mass is 423 g/mol. The molecule has 0 saturated carbocycles. The third-order valence-electron chi connectivity index (χ3n) is 4.42. The lowest BCUT2D eigenvalue weighted by Crippen LogP contribution is -2.35. The smallest absolute Gasteiger partial charge is 0.288 e. The second-order valence-corrected chi connectivity index (χ2v) is 8.69. The molecule has 0 aromatic heterocycles. The molecule has 3 rings (SSSR count). The maximum atomic E-state index is 12.8. The number of halogens is 1. The Kier molecular flexibility index (Phi) is 5.97. The second kappa shape index (κ2) is 8.26. The number of sulfonamides is 1. The molecule has 0 radical (unpaired) electrons. The van der Waals surface area contributed by atoms with Crippen LogP contribution in [0.3, 0.4) is 0 Å². The summed E-state index contributed by atoms with van der Waals surface area (Å²) in [5, 5.41) is 21.0. The summed E-state index contributed by atoms with van der Waals surface area (Å²) in [6.45, 7) is 0.937. The summed E-state index contributed by atoms with van der Waals surface area (Å²) in [4.78, 5) is 14.5. The van der Waals surface area contributed by atoms with Crippen LogP contribution in [0.5, 0.6) is 5.75 Å². The van der Waals surface area contributed by atoms with Crippen LogP contribution in [-0.2, 0) is 10.0 Å². The Morgan fingerprint density at radius 3 is 2.54 bits per heavy atom. The van der Waals surface area contributed by atoms with E-state index >= 15 is 0 Å². The van der Waals surface area contributed by atoms with Crippen molar-refractivity contribution < 1.29 is 18.4 Å². The zero-order chi connectivity index (χ0) is 20.3. The van der Waals surface area contributed by atoms with Gasteiger partial charge < -0.3 is 5.11 Å². The fourth-order valence-corrected chi connectivity index (χ4v) is 4.64. The molecule has 10 heteroatoms. The Hall–Kier alpha value is -2.49. The Morgan fingerprint density at radius 2 is 1.86 bits per heavy atom. The van der Waals surface area contributed by atoms with Gasteiger partial charge in [0.05, 0.1) is 9.82 Å². The molecule has 1 fully saturated rings. The van der Waals surface area contributed by atoms with Crippen LogP contribution >= 0.6 is 11.6 Å². The molecule has 148 valence electrons. The molecule has 0 spiro atoms. The van der Waals surface area contributed by atoms with Crippen LogP contribution in [0, 0.1) is 10.1 Å². The van der Waals surface area contributed by atoms with Gasteiger partial charge in [-0.05, 0) is 42.7 Å². The van der Waals surface area contributed by atoms with Crippen molar-refractivity contribution in [2.75, 3.05) is 13.1 Å². The van der Waals surface area contributed by atoms with E-state index in [0.29, 0.717) is 18.7 Å². The molecular formula is C18H18ClN3O5S. The van der Waals surface area contributed by atoms with Crippen LogP contribution in [0.2, 0.25) is 5.02 Å². The molecule has 1 aliphatic heterocycles. The van der Waals surface area contributed by atoms with E-state index in [1.165, 1.54) is 46.9 Å². The number of hydrogen-bond donors (Lipinski definition) is 1. The minimum atomic E-state index is -3.67. The molecule has 0 atom stereocenters. The van der Waals surface area contributed by atoms with Crippen molar-refractivity contribution in [2.45, 2.75) is 24.2 Å². The average molecular weight is 424 g/mol. The number of rotatable bonds is 5. The van der Waals surface area contributed by atoms with Crippen LogP contribution in [0.25, 0.3) is 0 Å². The van der Waals surface area contributed by atoms with Crippen LogP contribution in [0.4, 0.5) is 11.4 Å². The largest absolute Gasteiger partial charge is 0.506 e. The molecule has 28 heavy (non-hydrogen) atoms. The summed E-state index contributed by atoms with van der Waals surface area (Å²) in [5.74, 6) is -0.197. The molecule has 2 aromatic rings. The van der Waals surface area contributed by atoms with Crippen LogP contribution in [0.1, 0.15) is 24.8 Å². The SMILES string of the molecule is O=[N+]([O-])c1cc(C=Nc2cc(S(=O)(=O)N3CCCCC3)ccc2O)ccc1Cl. The number of nitrogens with zero attached hydrogens (tertiary/aromatic N) is 3. The van der Waals surface area contributed by atoms with E-state index in [0.717, 1.165) is 19.3 Å². The van der Waals surface area contributed by atoms with Crippen molar-refractivity contribution >= 4 is 39.2 Å². The molecule has 0 amide bonds. The van der Waals surface area contributed by atoms with Gasteiger partial charge in [-0.25, -0.2) is 8.42 Å². The number of aromatic hydroxyl groups is 1. The quantitative estimate of drug-likeness (QED) is 0.445. The Balaban J connectivity index is 1.91. The molecule has 0 bridgehead atoms. The first kappa shape index (κ1) is 20.2. The second-order valence-electron chi connectivity index (χ2n) is 6.34. The third kappa shape index (κ3) is 4.32. The average Bonchev–Trinajstić information content (AvgIpc) is 2.68. The number of piperidine rings is 1. The van der Waals surface area contributed by atoms with Gasteiger partial charge in [-0.3, -0.25) is 15.1 Å². The lowest BCUT2D eigenvalue weighted by atomic mass is 10.2. The van der Waals surface area contributed by atoms with Crippen molar-refractivity contribution in [3.05, 3.63) is 57.1 Å². The van der Waals surface area contributed by atoms with Crippen molar-refractivity contribution in [1.82, 2.24) is 4.31 Å². The van der Waals surface area contributed by atoms with E-state index in [1.54, 1.807) is 0 Å². The first-order valence-electron chi connectivity index (χ1n) is 8.60. The highest BCUT2D eigenvalue weighted by molar-refractivity contribution is 7.89. The summed E-state index contributed by atoms with van der Waals surface area (Å²) >= 11 is 5.78. The van der Waals surface area contributed by atoms with E-state index in [9.17, 15) is 23.6 Å². The zero-order valence-corrected chi connectivity index (χ0v) is 16.4. The van der Waals surface area contributed by atoms with Crippen LogP contribution in [0.15, 0.2) is 46.3 Å². The van der Waals surface area contributed by atoms with Gasteiger partial charge in [0, 0.05) is 25.4 Å². The van der Waals surface area contributed by atoms with Crippen LogP contribution < -0.4 is 0 Å². The maximum Gasteiger partial charge on any atom is 0.288 e. The molecule has 0 aliphatic carbocycles. The highest BCUT2D eigenvalue weighted by Gasteiger charge is 2.26.